The molecule has 1 atom stereocenters. The fraction of sp³-hybridized carbons (Fsp3) is 0.273. The van der Waals surface area contributed by atoms with Crippen LogP contribution in [0.5, 0.6) is 5.75 Å². The number of hydrogen-bond donors (Lipinski definition) is 1. The highest BCUT2D eigenvalue weighted by atomic mass is 79.9. The molecule has 1 aromatic carbocycles. The molecule has 0 radical (unpaired) electrons. The van der Waals surface area contributed by atoms with Gasteiger partial charge in [-0.05, 0) is 18.2 Å². The summed E-state index contributed by atoms with van der Waals surface area (Å²) in [6, 6.07) is 5.84. The molecule has 0 saturated carbocycles. The van der Waals surface area contributed by atoms with Crippen molar-refractivity contribution in [3.05, 3.63) is 28.2 Å². The molecule has 2 nitrogen and oxygen atoms in total. The van der Waals surface area contributed by atoms with Crippen molar-refractivity contribution in [1.29, 1.82) is 0 Å². The van der Waals surface area contributed by atoms with E-state index in [4.69, 9.17) is 11.2 Å². The maximum absolute atomic E-state index is 5.56. The minimum atomic E-state index is -0.0509. The molecular weight excluding hydrogens is 242 g/mol. The topological polar surface area (TPSA) is 21.3 Å². The zero-order chi connectivity index (χ0) is 9.97. The average Bonchev–Trinajstić information content (AvgIpc) is 2.39. The molecule has 1 aliphatic heterocycles. The highest BCUT2D eigenvalue weighted by molar-refractivity contribution is 9.10. The molecule has 3 heteroatoms. The van der Waals surface area contributed by atoms with Crippen LogP contribution in [0.3, 0.4) is 0 Å². The summed E-state index contributed by atoms with van der Waals surface area (Å²) in [7, 11) is 0. The summed E-state index contributed by atoms with van der Waals surface area (Å²) in [6.07, 6.45) is 5.45. The summed E-state index contributed by atoms with van der Waals surface area (Å²) in [5, 5.41) is 3.23. The molecule has 0 saturated heterocycles. The Morgan fingerprint density at radius 2 is 2.43 bits per heavy atom. The molecule has 2 rings (SSSR count). The fourth-order valence-electron chi connectivity index (χ4n) is 1.50. The largest absolute Gasteiger partial charge is 0.492 e. The van der Waals surface area contributed by atoms with Gasteiger partial charge in [-0.1, -0.05) is 21.9 Å². The van der Waals surface area contributed by atoms with E-state index in [1.807, 2.05) is 18.2 Å². The van der Waals surface area contributed by atoms with Gasteiger partial charge in [-0.25, -0.2) is 0 Å². The Bertz CT molecular complexity index is 383. The Balaban J connectivity index is 2.47. The van der Waals surface area contributed by atoms with Crippen LogP contribution in [0.15, 0.2) is 22.7 Å². The number of nitrogens with one attached hydrogen (secondary N) is 1. The Hall–Kier alpha value is -0.980. The van der Waals surface area contributed by atoms with Crippen LogP contribution >= 0.6 is 15.9 Å². The third-order valence-corrected chi connectivity index (χ3v) is 2.65. The van der Waals surface area contributed by atoms with Crippen LogP contribution in [-0.2, 0) is 0 Å². The Morgan fingerprint density at radius 1 is 1.57 bits per heavy atom. The van der Waals surface area contributed by atoms with E-state index in [9.17, 15) is 0 Å². The summed E-state index contributed by atoms with van der Waals surface area (Å²) in [4.78, 5) is 0. The van der Waals surface area contributed by atoms with E-state index in [1.54, 1.807) is 0 Å². The zero-order valence-corrected chi connectivity index (χ0v) is 9.17. The van der Waals surface area contributed by atoms with Gasteiger partial charge in [-0.15, -0.1) is 6.42 Å². The predicted octanol–water partition coefficient (Wildman–Crippen LogP) is 2.11. The zero-order valence-electron chi connectivity index (χ0n) is 7.59. The van der Waals surface area contributed by atoms with Gasteiger partial charge in [0.15, 0.2) is 0 Å². The molecule has 0 aliphatic carbocycles. The quantitative estimate of drug-likeness (QED) is 0.714. The van der Waals surface area contributed by atoms with Gasteiger partial charge in [0, 0.05) is 16.6 Å². The third kappa shape index (κ3) is 1.77. The van der Waals surface area contributed by atoms with E-state index in [2.05, 4.69) is 27.2 Å². The van der Waals surface area contributed by atoms with Crippen LogP contribution < -0.4 is 10.1 Å². The number of benzene rings is 1. The lowest BCUT2D eigenvalue weighted by Crippen LogP contribution is -2.21. The van der Waals surface area contributed by atoms with Gasteiger partial charge in [0.2, 0.25) is 0 Å². The normalized spacial score (nSPS) is 20.1. The fourth-order valence-corrected chi connectivity index (χ4v) is 1.88. The van der Waals surface area contributed by atoms with Crippen molar-refractivity contribution in [2.24, 2.45) is 0 Å². The number of hydrogen-bond acceptors (Lipinski definition) is 2. The van der Waals surface area contributed by atoms with E-state index in [1.165, 1.54) is 0 Å². The first-order chi connectivity index (χ1) is 6.81. The van der Waals surface area contributed by atoms with Crippen molar-refractivity contribution in [2.75, 3.05) is 13.2 Å². The predicted molar refractivity (Wildman–Crippen MR) is 59.2 cm³/mol. The molecule has 0 spiro atoms. The number of fused-ring (bicyclic) bond motifs is 1. The first-order valence-corrected chi connectivity index (χ1v) is 5.22. The monoisotopic (exact) mass is 251 g/mol. The van der Waals surface area contributed by atoms with Gasteiger partial charge in [-0.3, -0.25) is 5.32 Å². The highest BCUT2D eigenvalue weighted by Crippen LogP contribution is 2.29. The molecule has 0 aromatic heterocycles. The number of terminal acetylenes is 1. The van der Waals surface area contributed by atoms with Crippen molar-refractivity contribution >= 4 is 15.9 Å². The van der Waals surface area contributed by atoms with Crippen LogP contribution in [0.2, 0.25) is 0 Å². The molecule has 14 heavy (non-hydrogen) atoms. The van der Waals surface area contributed by atoms with Gasteiger partial charge >= 0.3 is 0 Å². The molecule has 0 bridgehead atoms. The second-order valence-electron chi connectivity index (χ2n) is 3.08. The maximum atomic E-state index is 5.56. The summed E-state index contributed by atoms with van der Waals surface area (Å²) in [6.45, 7) is 1.44. The average molecular weight is 252 g/mol. The highest BCUT2D eigenvalue weighted by Gasteiger charge is 2.16. The van der Waals surface area contributed by atoms with E-state index in [0.29, 0.717) is 6.61 Å². The van der Waals surface area contributed by atoms with Gasteiger partial charge in [0.25, 0.3) is 0 Å². The SMILES string of the molecule is C#CC1NCCOc2ccc(Br)cc21. The van der Waals surface area contributed by atoms with Crippen molar-refractivity contribution in [1.82, 2.24) is 5.32 Å². The molecule has 1 N–H and O–H groups in total. The van der Waals surface area contributed by atoms with E-state index in [-0.39, 0.29) is 6.04 Å². The van der Waals surface area contributed by atoms with Gasteiger partial charge in [0.1, 0.15) is 12.4 Å². The van der Waals surface area contributed by atoms with Crippen LogP contribution in [0.25, 0.3) is 0 Å². The van der Waals surface area contributed by atoms with Crippen molar-refractivity contribution in [3.63, 3.8) is 0 Å². The van der Waals surface area contributed by atoms with Gasteiger partial charge in [-0.2, -0.15) is 0 Å². The van der Waals surface area contributed by atoms with Gasteiger partial charge < -0.3 is 4.74 Å². The number of halogens is 1. The first-order valence-electron chi connectivity index (χ1n) is 4.43. The molecule has 72 valence electrons. The molecule has 1 aliphatic rings. The minimum Gasteiger partial charge on any atom is -0.492 e. The second-order valence-corrected chi connectivity index (χ2v) is 4.00. The van der Waals surface area contributed by atoms with E-state index in [0.717, 1.165) is 22.3 Å². The van der Waals surface area contributed by atoms with Crippen LogP contribution in [0, 0.1) is 12.3 Å². The Labute approximate surface area is 91.8 Å². The maximum Gasteiger partial charge on any atom is 0.125 e. The van der Waals surface area contributed by atoms with Crippen molar-refractivity contribution < 1.29 is 4.74 Å². The molecular formula is C11H10BrNO. The lowest BCUT2D eigenvalue weighted by atomic mass is 10.1. The number of ether oxygens (including phenoxy) is 1. The molecule has 1 aromatic rings. The minimum absolute atomic E-state index is 0.0509. The van der Waals surface area contributed by atoms with Crippen LogP contribution in [-0.4, -0.2) is 13.2 Å². The van der Waals surface area contributed by atoms with E-state index < -0.39 is 0 Å². The molecule has 1 heterocycles. The van der Waals surface area contributed by atoms with E-state index >= 15 is 0 Å². The van der Waals surface area contributed by atoms with Crippen LogP contribution in [0.1, 0.15) is 11.6 Å². The summed E-state index contributed by atoms with van der Waals surface area (Å²) >= 11 is 3.42. The summed E-state index contributed by atoms with van der Waals surface area (Å²) in [5.41, 5.74) is 1.03. The smallest absolute Gasteiger partial charge is 0.125 e. The standard InChI is InChI=1S/C11H10BrNO/c1-2-10-9-7-8(12)3-4-11(9)14-6-5-13-10/h1,3-4,7,10,13H,5-6H2. The van der Waals surface area contributed by atoms with Crippen molar-refractivity contribution in [2.45, 2.75) is 6.04 Å². The second kappa shape index (κ2) is 4.04. The van der Waals surface area contributed by atoms with Crippen molar-refractivity contribution in [3.8, 4) is 18.1 Å². The summed E-state index contributed by atoms with van der Waals surface area (Å²) < 4.78 is 6.57. The lowest BCUT2D eigenvalue weighted by molar-refractivity contribution is 0.325. The van der Waals surface area contributed by atoms with Crippen LogP contribution in [0.4, 0.5) is 0 Å². The lowest BCUT2D eigenvalue weighted by Gasteiger charge is -2.11. The Morgan fingerprint density at radius 3 is 3.21 bits per heavy atom. The Kier molecular flexibility index (Phi) is 2.76. The number of rotatable bonds is 0. The molecule has 0 fully saturated rings. The third-order valence-electron chi connectivity index (χ3n) is 2.16. The molecule has 1 unspecified atom stereocenters. The summed E-state index contributed by atoms with van der Waals surface area (Å²) in [5.74, 6) is 3.59. The first kappa shape index (κ1) is 9.57. The molecule has 0 amide bonds. The van der Waals surface area contributed by atoms with Gasteiger partial charge in [0.05, 0.1) is 6.04 Å².